The molecule has 4 nitrogen and oxygen atoms in total. The van der Waals surface area contributed by atoms with E-state index in [0.717, 1.165) is 0 Å². The molecule has 0 atom stereocenters. The monoisotopic (exact) mass is 274 g/mol. The molecule has 0 saturated heterocycles. The molecule has 0 aliphatic heterocycles. The van der Waals surface area contributed by atoms with Gasteiger partial charge in [0, 0.05) is 34.2 Å². The molecular weight excluding hydrogens is 263 g/mol. The lowest BCUT2D eigenvalue weighted by Gasteiger charge is -2.26. The van der Waals surface area contributed by atoms with Crippen molar-refractivity contribution in [2.45, 2.75) is 33.1 Å². The molecule has 1 aliphatic rings. The van der Waals surface area contributed by atoms with Gasteiger partial charge in [0.25, 0.3) is 0 Å². The quantitative estimate of drug-likeness (QED) is 0.501. The van der Waals surface area contributed by atoms with Crippen LogP contribution < -0.4 is 0 Å². The topological polar surface area (TPSA) is 68.3 Å². The maximum absolute atomic E-state index is 10.9. The summed E-state index contributed by atoms with van der Waals surface area (Å²) in [7, 11) is 4.81. The fraction of sp³-hybridized carbons (Fsp3) is 0.750. The minimum Gasteiger partial charge on any atom is -0.299 e. The standard InChI is InChI=1S/C8H12O2.Cl2O2S/c1-8(2)4-6(9)3-7(10)5-8;1-5(2,3)4/h3-5H2,1-2H3;. The average molecular weight is 275 g/mol. The van der Waals surface area contributed by atoms with Crippen molar-refractivity contribution >= 4 is 41.2 Å². The van der Waals surface area contributed by atoms with Crippen molar-refractivity contribution in [3.05, 3.63) is 0 Å². The summed E-state index contributed by atoms with van der Waals surface area (Å²) in [6, 6.07) is 0. The Labute approximate surface area is 97.9 Å². The van der Waals surface area contributed by atoms with Crippen LogP contribution in [0.15, 0.2) is 0 Å². The lowest BCUT2D eigenvalue weighted by atomic mass is 9.76. The van der Waals surface area contributed by atoms with Gasteiger partial charge in [0.05, 0.1) is 6.42 Å². The highest BCUT2D eigenvalue weighted by molar-refractivity contribution is 8.31. The summed E-state index contributed by atoms with van der Waals surface area (Å²) >= 11 is 0. The summed E-state index contributed by atoms with van der Waals surface area (Å²) in [4.78, 5) is 21.7. The number of ketones is 2. The second-order valence-electron chi connectivity index (χ2n) is 4.15. The molecule has 0 aromatic rings. The number of hydrogen-bond donors (Lipinski definition) is 0. The molecule has 15 heavy (non-hydrogen) atoms. The Hall–Kier alpha value is -0.130. The first-order chi connectivity index (χ1) is 6.49. The fourth-order valence-electron chi connectivity index (χ4n) is 1.47. The SMILES string of the molecule is CC1(C)CC(=O)CC(=O)C1.O=S(=O)(Cl)Cl. The van der Waals surface area contributed by atoms with Crippen LogP contribution in [-0.4, -0.2) is 20.0 Å². The third kappa shape index (κ3) is 10.2. The van der Waals surface area contributed by atoms with E-state index in [1.807, 2.05) is 13.8 Å². The molecule has 1 aliphatic carbocycles. The Morgan fingerprint density at radius 1 is 1.07 bits per heavy atom. The number of hydrogen-bond acceptors (Lipinski definition) is 4. The predicted molar refractivity (Wildman–Crippen MR) is 58.3 cm³/mol. The van der Waals surface area contributed by atoms with Gasteiger partial charge in [-0.15, -0.1) is 0 Å². The van der Waals surface area contributed by atoms with E-state index in [0.29, 0.717) is 12.8 Å². The first kappa shape index (κ1) is 14.9. The number of halogens is 2. The molecule has 0 radical (unpaired) electrons. The van der Waals surface area contributed by atoms with E-state index in [1.165, 1.54) is 0 Å². The lowest BCUT2D eigenvalue weighted by molar-refractivity contribution is -0.133. The van der Waals surface area contributed by atoms with Crippen LogP contribution >= 0.6 is 21.4 Å². The second-order valence-corrected chi connectivity index (χ2v) is 7.82. The van der Waals surface area contributed by atoms with Crippen LogP contribution in [-0.2, 0) is 17.9 Å². The van der Waals surface area contributed by atoms with Gasteiger partial charge in [0.15, 0.2) is 0 Å². The molecule has 0 amide bonds. The number of carbonyl (C=O) groups is 2. The largest absolute Gasteiger partial charge is 0.317 e. The molecule has 0 bridgehead atoms. The van der Waals surface area contributed by atoms with Gasteiger partial charge in [-0.1, -0.05) is 13.8 Å². The maximum atomic E-state index is 10.9. The van der Waals surface area contributed by atoms with Crippen LogP contribution in [0.25, 0.3) is 0 Å². The highest BCUT2D eigenvalue weighted by Gasteiger charge is 2.31. The van der Waals surface area contributed by atoms with Crippen LogP contribution in [0.5, 0.6) is 0 Å². The van der Waals surface area contributed by atoms with Gasteiger partial charge in [-0.3, -0.25) is 9.59 Å². The molecule has 0 N–H and O–H groups in total. The zero-order valence-electron chi connectivity index (χ0n) is 8.42. The van der Waals surface area contributed by atoms with Gasteiger partial charge >= 0.3 is 8.26 Å². The average Bonchev–Trinajstić information content (AvgIpc) is 1.73. The zero-order chi connectivity index (χ0) is 12.3. The number of carbonyl (C=O) groups excluding carboxylic acids is 2. The van der Waals surface area contributed by atoms with E-state index < -0.39 is 8.26 Å². The first-order valence-corrected chi connectivity index (χ1v) is 7.31. The van der Waals surface area contributed by atoms with E-state index in [-0.39, 0.29) is 23.4 Å². The van der Waals surface area contributed by atoms with E-state index in [4.69, 9.17) is 8.42 Å². The summed E-state index contributed by atoms with van der Waals surface area (Å²) < 4.78 is 18.3. The third-order valence-electron chi connectivity index (χ3n) is 1.75. The Kier molecular flexibility index (Phi) is 5.23. The van der Waals surface area contributed by atoms with Crippen molar-refractivity contribution in [1.82, 2.24) is 0 Å². The van der Waals surface area contributed by atoms with Gasteiger partial charge in [0.1, 0.15) is 11.6 Å². The normalized spacial score (nSPS) is 20.5. The van der Waals surface area contributed by atoms with Crippen molar-refractivity contribution in [2.24, 2.45) is 5.41 Å². The summed E-state index contributed by atoms with van der Waals surface area (Å²) in [5, 5.41) is 0. The zero-order valence-corrected chi connectivity index (χ0v) is 10.7. The molecule has 0 aromatic heterocycles. The van der Waals surface area contributed by atoms with Crippen molar-refractivity contribution in [3.8, 4) is 0 Å². The number of Topliss-reactive ketones (excluding diaryl/α,β-unsaturated/α-hetero) is 2. The lowest BCUT2D eigenvalue weighted by Crippen LogP contribution is -2.28. The van der Waals surface area contributed by atoms with Gasteiger partial charge in [-0.25, -0.2) is 0 Å². The van der Waals surface area contributed by atoms with E-state index in [1.54, 1.807) is 0 Å². The molecule has 0 spiro atoms. The molecular formula is C8H12Cl2O4S. The molecule has 0 unspecified atom stereocenters. The molecule has 0 heterocycles. The summed E-state index contributed by atoms with van der Waals surface area (Å²) in [5.41, 5.74) is -0.0770. The highest BCUT2D eigenvalue weighted by atomic mass is 36.0. The van der Waals surface area contributed by atoms with Crippen LogP contribution in [0, 0.1) is 5.41 Å². The second kappa shape index (κ2) is 5.27. The van der Waals surface area contributed by atoms with Gasteiger partial charge in [-0.2, -0.15) is 8.42 Å². The van der Waals surface area contributed by atoms with Crippen LogP contribution in [0.4, 0.5) is 0 Å². The Bertz CT molecular complexity index is 333. The molecule has 7 heteroatoms. The Morgan fingerprint density at radius 3 is 1.53 bits per heavy atom. The summed E-state index contributed by atoms with van der Waals surface area (Å²) in [6.45, 7) is 3.92. The molecule has 1 rings (SSSR count). The van der Waals surface area contributed by atoms with Crippen LogP contribution in [0.1, 0.15) is 33.1 Å². The van der Waals surface area contributed by atoms with Crippen molar-refractivity contribution < 1.29 is 18.0 Å². The third-order valence-corrected chi connectivity index (χ3v) is 1.75. The van der Waals surface area contributed by atoms with Crippen molar-refractivity contribution in [3.63, 3.8) is 0 Å². The molecule has 0 aromatic carbocycles. The van der Waals surface area contributed by atoms with Gasteiger partial charge in [0.2, 0.25) is 0 Å². The smallest absolute Gasteiger partial charge is 0.299 e. The van der Waals surface area contributed by atoms with E-state index >= 15 is 0 Å². The molecule has 1 saturated carbocycles. The minimum atomic E-state index is -3.72. The highest BCUT2D eigenvalue weighted by Crippen LogP contribution is 2.30. The summed E-state index contributed by atoms with van der Waals surface area (Å²) in [6.07, 6.45) is 1.31. The van der Waals surface area contributed by atoms with Gasteiger partial charge < -0.3 is 0 Å². The molecule has 88 valence electrons. The first-order valence-electron chi connectivity index (χ1n) is 4.17. The predicted octanol–water partition coefficient (Wildman–Crippen LogP) is 2.04. The van der Waals surface area contributed by atoms with E-state index in [2.05, 4.69) is 21.4 Å². The number of rotatable bonds is 0. The van der Waals surface area contributed by atoms with Gasteiger partial charge in [-0.05, 0) is 5.41 Å². The Morgan fingerprint density at radius 2 is 1.33 bits per heavy atom. The van der Waals surface area contributed by atoms with Crippen LogP contribution in [0.3, 0.4) is 0 Å². The fourth-order valence-corrected chi connectivity index (χ4v) is 1.47. The van der Waals surface area contributed by atoms with E-state index in [9.17, 15) is 9.59 Å². The Balaban J connectivity index is 0.000000336. The van der Waals surface area contributed by atoms with Crippen molar-refractivity contribution in [1.29, 1.82) is 0 Å². The van der Waals surface area contributed by atoms with Crippen molar-refractivity contribution in [2.75, 3.05) is 0 Å². The maximum Gasteiger partial charge on any atom is 0.317 e. The summed E-state index contributed by atoms with van der Waals surface area (Å²) in [5.74, 6) is 0.197. The molecule has 1 fully saturated rings. The minimum absolute atomic E-state index is 0.0770. The van der Waals surface area contributed by atoms with Crippen LogP contribution in [0.2, 0.25) is 0 Å².